The van der Waals surface area contributed by atoms with Gasteiger partial charge in [0.2, 0.25) is 5.91 Å². The normalized spacial score (nSPS) is 18.6. The molecule has 0 bridgehead atoms. The van der Waals surface area contributed by atoms with Crippen molar-refractivity contribution < 1.29 is 4.79 Å². The Morgan fingerprint density at radius 3 is 2.41 bits per heavy atom. The zero-order valence-corrected chi connectivity index (χ0v) is 11.6. The molecule has 2 N–H and O–H groups in total. The monoisotopic (exact) mass is 240 g/mol. The Labute approximate surface area is 106 Å². The first-order chi connectivity index (χ1) is 8.06. The molecule has 0 aromatic heterocycles. The number of nitrogens with zero attached hydrogens (tertiary/aromatic N) is 1. The highest BCUT2D eigenvalue weighted by Gasteiger charge is 2.29. The molecule has 100 valence electrons. The summed E-state index contributed by atoms with van der Waals surface area (Å²) >= 11 is 0. The molecule has 0 aromatic carbocycles. The summed E-state index contributed by atoms with van der Waals surface area (Å²) < 4.78 is 0. The summed E-state index contributed by atoms with van der Waals surface area (Å²) in [6, 6.07) is 0.159. The minimum Gasteiger partial charge on any atom is -0.338 e. The van der Waals surface area contributed by atoms with Crippen LogP contribution in [0.5, 0.6) is 0 Å². The van der Waals surface area contributed by atoms with E-state index in [1.807, 2.05) is 0 Å². The first-order valence-corrected chi connectivity index (χ1v) is 7.12. The van der Waals surface area contributed by atoms with Crippen molar-refractivity contribution in [2.24, 2.45) is 11.7 Å². The Bertz CT molecular complexity index is 234. The van der Waals surface area contributed by atoms with E-state index in [0.29, 0.717) is 12.0 Å². The Hall–Kier alpha value is -0.570. The zero-order chi connectivity index (χ0) is 12.8. The first kappa shape index (κ1) is 14.5. The lowest BCUT2D eigenvalue weighted by atomic mass is 10.1. The van der Waals surface area contributed by atoms with Crippen molar-refractivity contribution in [1.29, 1.82) is 0 Å². The van der Waals surface area contributed by atoms with Crippen LogP contribution in [0.2, 0.25) is 0 Å². The molecule has 0 unspecified atom stereocenters. The van der Waals surface area contributed by atoms with E-state index in [2.05, 4.69) is 25.7 Å². The maximum absolute atomic E-state index is 12.4. The van der Waals surface area contributed by atoms with Gasteiger partial charge >= 0.3 is 0 Å². The fourth-order valence-corrected chi connectivity index (χ4v) is 2.68. The highest BCUT2D eigenvalue weighted by Crippen LogP contribution is 2.25. The maximum Gasteiger partial charge on any atom is 0.239 e. The summed E-state index contributed by atoms with van der Waals surface area (Å²) in [5.41, 5.74) is 5.98. The van der Waals surface area contributed by atoms with Crippen LogP contribution in [0.4, 0.5) is 0 Å². The van der Waals surface area contributed by atoms with E-state index in [1.165, 1.54) is 12.8 Å². The summed E-state index contributed by atoms with van der Waals surface area (Å²) in [4.78, 5) is 14.4. The van der Waals surface area contributed by atoms with Crippen LogP contribution in [0.15, 0.2) is 0 Å². The van der Waals surface area contributed by atoms with Crippen molar-refractivity contribution in [3.05, 3.63) is 0 Å². The Morgan fingerprint density at radius 1 is 1.35 bits per heavy atom. The summed E-state index contributed by atoms with van der Waals surface area (Å²) in [6.07, 6.45) is 6.63. The number of amides is 1. The molecule has 0 aromatic rings. The molecule has 1 amide bonds. The average Bonchev–Trinajstić information content (AvgIpc) is 2.78. The molecule has 0 spiro atoms. The van der Waals surface area contributed by atoms with Gasteiger partial charge in [-0.05, 0) is 25.2 Å². The number of carbonyl (C=O) groups is 1. The topological polar surface area (TPSA) is 46.3 Å². The van der Waals surface area contributed by atoms with Crippen molar-refractivity contribution in [2.45, 2.75) is 71.4 Å². The molecule has 1 saturated carbocycles. The van der Waals surface area contributed by atoms with Crippen LogP contribution in [0, 0.1) is 5.92 Å². The third-order valence-electron chi connectivity index (χ3n) is 3.53. The van der Waals surface area contributed by atoms with Crippen LogP contribution in [0.3, 0.4) is 0 Å². The minimum atomic E-state index is -0.292. The zero-order valence-electron chi connectivity index (χ0n) is 11.6. The lowest BCUT2D eigenvalue weighted by Gasteiger charge is -2.32. The molecule has 0 aliphatic heterocycles. The maximum atomic E-state index is 12.4. The number of hydrogen-bond acceptors (Lipinski definition) is 2. The Kier molecular flexibility index (Phi) is 5.96. The van der Waals surface area contributed by atoms with Gasteiger partial charge in [-0.1, -0.05) is 40.0 Å². The van der Waals surface area contributed by atoms with Gasteiger partial charge in [-0.2, -0.15) is 0 Å². The van der Waals surface area contributed by atoms with Gasteiger partial charge in [0.25, 0.3) is 0 Å². The highest BCUT2D eigenvalue weighted by molar-refractivity contribution is 5.82. The second-order valence-electron chi connectivity index (χ2n) is 5.72. The van der Waals surface area contributed by atoms with Crippen LogP contribution in [-0.2, 0) is 4.79 Å². The van der Waals surface area contributed by atoms with Crippen LogP contribution in [0.1, 0.15) is 59.3 Å². The predicted molar refractivity (Wildman–Crippen MR) is 71.7 cm³/mol. The molecular formula is C14H28N2O. The van der Waals surface area contributed by atoms with E-state index in [4.69, 9.17) is 5.73 Å². The number of hydrogen-bond donors (Lipinski definition) is 1. The molecule has 1 aliphatic carbocycles. The molecule has 3 nitrogen and oxygen atoms in total. The molecule has 17 heavy (non-hydrogen) atoms. The molecule has 0 saturated heterocycles. The van der Waals surface area contributed by atoms with Crippen molar-refractivity contribution in [3.8, 4) is 0 Å². The average molecular weight is 240 g/mol. The van der Waals surface area contributed by atoms with Crippen molar-refractivity contribution in [2.75, 3.05) is 6.54 Å². The summed E-state index contributed by atoms with van der Waals surface area (Å²) in [5.74, 6) is 0.695. The largest absolute Gasteiger partial charge is 0.338 e. The Morgan fingerprint density at radius 2 is 1.94 bits per heavy atom. The standard InChI is InChI=1S/C14H28N2O/c1-4-7-13(15)14(17)16(10-11(2)3)12-8-5-6-9-12/h11-13H,4-10,15H2,1-3H3/t13-/m1/s1. The molecular weight excluding hydrogens is 212 g/mol. The van der Waals surface area contributed by atoms with Crippen LogP contribution >= 0.6 is 0 Å². The van der Waals surface area contributed by atoms with Crippen LogP contribution in [-0.4, -0.2) is 29.4 Å². The molecule has 1 aliphatic rings. The Balaban J connectivity index is 2.63. The molecule has 1 fully saturated rings. The van der Waals surface area contributed by atoms with E-state index < -0.39 is 0 Å². The molecule has 1 atom stereocenters. The molecule has 3 heteroatoms. The lowest BCUT2D eigenvalue weighted by molar-refractivity contribution is -0.135. The van der Waals surface area contributed by atoms with Gasteiger partial charge in [-0.3, -0.25) is 4.79 Å². The number of rotatable bonds is 6. The van der Waals surface area contributed by atoms with Gasteiger partial charge in [-0.15, -0.1) is 0 Å². The lowest BCUT2D eigenvalue weighted by Crippen LogP contribution is -2.49. The molecule has 0 heterocycles. The molecule has 0 radical (unpaired) electrons. The van der Waals surface area contributed by atoms with Gasteiger partial charge in [0.1, 0.15) is 0 Å². The predicted octanol–water partition coefficient (Wildman–Crippen LogP) is 2.54. The van der Waals surface area contributed by atoms with Gasteiger partial charge < -0.3 is 10.6 Å². The van der Waals surface area contributed by atoms with Gasteiger partial charge in [0, 0.05) is 12.6 Å². The van der Waals surface area contributed by atoms with E-state index in [1.54, 1.807) is 0 Å². The van der Waals surface area contributed by atoms with Crippen molar-refractivity contribution >= 4 is 5.91 Å². The van der Waals surface area contributed by atoms with Gasteiger partial charge in [-0.25, -0.2) is 0 Å². The fraction of sp³-hybridized carbons (Fsp3) is 0.929. The van der Waals surface area contributed by atoms with Crippen LogP contribution < -0.4 is 5.73 Å². The smallest absolute Gasteiger partial charge is 0.239 e. The summed E-state index contributed by atoms with van der Waals surface area (Å²) in [5, 5.41) is 0. The van der Waals surface area contributed by atoms with E-state index in [0.717, 1.165) is 32.2 Å². The third kappa shape index (κ3) is 4.30. The van der Waals surface area contributed by atoms with E-state index in [-0.39, 0.29) is 11.9 Å². The van der Waals surface area contributed by atoms with Crippen LogP contribution in [0.25, 0.3) is 0 Å². The number of carbonyl (C=O) groups excluding carboxylic acids is 1. The second kappa shape index (κ2) is 7.00. The van der Waals surface area contributed by atoms with Gasteiger partial charge in [0.15, 0.2) is 0 Å². The number of nitrogens with two attached hydrogens (primary N) is 1. The van der Waals surface area contributed by atoms with Crippen molar-refractivity contribution in [1.82, 2.24) is 4.90 Å². The molecule has 1 rings (SSSR count). The fourth-order valence-electron chi connectivity index (χ4n) is 2.68. The third-order valence-corrected chi connectivity index (χ3v) is 3.53. The SMILES string of the molecule is CCC[C@@H](N)C(=O)N(CC(C)C)C1CCCC1. The highest BCUT2D eigenvalue weighted by atomic mass is 16.2. The summed E-state index contributed by atoms with van der Waals surface area (Å²) in [7, 11) is 0. The summed E-state index contributed by atoms with van der Waals surface area (Å²) in [6.45, 7) is 7.28. The van der Waals surface area contributed by atoms with E-state index in [9.17, 15) is 4.79 Å². The first-order valence-electron chi connectivity index (χ1n) is 7.12. The van der Waals surface area contributed by atoms with Crippen molar-refractivity contribution in [3.63, 3.8) is 0 Å². The minimum absolute atomic E-state index is 0.174. The second-order valence-corrected chi connectivity index (χ2v) is 5.72. The van der Waals surface area contributed by atoms with Gasteiger partial charge in [0.05, 0.1) is 6.04 Å². The quantitative estimate of drug-likeness (QED) is 0.775. The van der Waals surface area contributed by atoms with E-state index >= 15 is 0 Å².